The van der Waals surface area contributed by atoms with Gasteiger partial charge in [-0.2, -0.15) is 0 Å². The maximum Gasteiger partial charge on any atom is 0.150 e. The van der Waals surface area contributed by atoms with Crippen LogP contribution in [0.2, 0.25) is 0 Å². The van der Waals surface area contributed by atoms with Crippen molar-refractivity contribution in [3.63, 3.8) is 0 Å². The van der Waals surface area contributed by atoms with E-state index in [1.807, 2.05) is 31.2 Å². The van der Waals surface area contributed by atoms with Gasteiger partial charge in [-0.3, -0.25) is 0 Å². The molecule has 0 radical (unpaired) electrons. The van der Waals surface area contributed by atoms with Crippen LogP contribution in [0.4, 0.5) is 0 Å². The first-order valence-corrected chi connectivity index (χ1v) is 9.23. The molecule has 1 aromatic carbocycles. The van der Waals surface area contributed by atoms with Gasteiger partial charge in [0.2, 0.25) is 0 Å². The van der Waals surface area contributed by atoms with Gasteiger partial charge in [0.05, 0.1) is 5.75 Å². The summed E-state index contributed by atoms with van der Waals surface area (Å²) >= 11 is 3.40. The van der Waals surface area contributed by atoms with E-state index in [2.05, 4.69) is 15.9 Å². The largest absolute Gasteiger partial charge is 0.330 e. The van der Waals surface area contributed by atoms with Crippen molar-refractivity contribution in [2.75, 3.05) is 18.1 Å². The van der Waals surface area contributed by atoms with E-state index in [4.69, 9.17) is 5.73 Å². The predicted molar refractivity (Wildman–Crippen MR) is 84.0 cm³/mol. The zero-order valence-electron chi connectivity index (χ0n) is 11.3. The summed E-state index contributed by atoms with van der Waals surface area (Å²) in [7, 11) is -2.90. The molecule has 5 heteroatoms. The lowest BCUT2D eigenvalue weighted by atomic mass is 9.97. The topological polar surface area (TPSA) is 60.2 Å². The molecule has 0 bridgehead atoms. The van der Waals surface area contributed by atoms with Gasteiger partial charge in [0, 0.05) is 10.2 Å². The SMILES string of the molecule is CCCS(=O)(=O)CCC(CN)Cc1ccc(Br)cc1. The summed E-state index contributed by atoms with van der Waals surface area (Å²) in [6.07, 6.45) is 2.17. The Morgan fingerprint density at radius 3 is 2.37 bits per heavy atom. The maximum atomic E-state index is 11.7. The Bertz CT molecular complexity index is 471. The zero-order valence-corrected chi connectivity index (χ0v) is 13.7. The second kappa shape index (κ2) is 8.02. The number of halogens is 1. The van der Waals surface area contributed by atoms with Gasteiger partial charge >= 0.3 is 0 Å². The van der Waals surface area contributed by atoms with Crippen LogP contribution < -0.4 is 5.73 Å². The Morgan fingerprint density at radius 2 is 1.84 bits per heavy atom. The quantitative estimate of drug-likeness (QED) is 0.786. The first-order valence-electron chi connectivity index (χ1n) is 6.61. The number of nitrogens with two attached hydrogens (primary N) is 1. The molecular weight excluding hydrogens is 326 g/mol. The maximum absolute atomic E-state index is 11.7. The highest BCUT2D eigenvalue weighted by Crippen LogP contribution is 2.16. The summed E-state index contributed by atoms with van der Waals surface area (Å²) in [4.78, 5) is 0. The fourth-order valence-electron chi connectivity index (χ4n) is 2.02. The van der Waals surface area contributed by atoms with Crippen LogP contribution in [0.15, 0.2) is 28.7 Å². The first-order chi connectivity index (χ1) is 8.96. The van der Waals surface area contributed by atoms with Gasteiger partial charge in [0.25, 0.3) is 0 Å². The molecule has 0 saturated carbocycles. The Hall–Kier alpha value is -0.390. The van der Waals surface area contributed by atoms with E-state index >= 15 is 0 Å². The molecule has 0 saturated heterocycles. The Labute approximate surface area is 124 Å². The molecule has 2 N–H and O–H groups in total. The van der Waals surface area contributed by atoms with E-state index in [1.54, 1.807) is 0 Å². The number of hydrogen-bond acceptors (Lipinski definition) is 3. The Kier molecular flexibility index (Phi) is 7.04. The van der Waals surface area contributed by atoms with Crippen molar-refractivity contribution >= 4 is 25.8 Å². The highest BCUT2D eigenvalue weighted by Gasteiger charge is 2.14. The van der Waals surface area contributed by atoms with Gasteiger partial charge in [-0.1, -0.05) is 35.0 Å². The first kappa shape index (κ1) is 16.7. The standard InChI is InChI=1S/C14H22BrNO2S/c1-2-8-19(17,18)9-7-13(11-16)10-12-3-5-14(15)6-4-12/h3-6,13H,2,7-11,16H2,1H3. The molecule has 0 amide bonds. The fraction of sp³-hybridized carbons (Fsp3) is 0.571. The molecule has 1 unspecified atom stereocenters. The number of hydrogen-bond donors (Lipinski definition) is 1. The Balaban J connectivity index is 2.52. The lowest BCUT2D eigenvalue weighted by Crippen LogP contribution is -2.21. The third kappa shape index (κ3) is 6.54. The van der Waals surface area contributed by atoms with Gasteiger partial charge in [-0.05, 0) is 49.4 Å². The molecule has 3 nitrogen and oxygen atoms in total. The van der Waals surface area contributed by atoms with Crippen LogP contribution in [0.3, 0.4) is 0 Å². The second-order valence-electron chi connectivity index (χ2n) is 4.87. The molecule has 0 aliphatic heterocycles. The monoisotopic (exact) mass is 347 g/mol. The molecule has 0 aliphatic rings. The van der Waals surface area contributed by atoms with E-state index in [1.165, 1.54) is 5.56 Å². The molecule has 0 aliphatic carbocycles. The van der Waals surface area contributed by atoms with Crippen LogP contribution >= 0.6 is 15.9 Å². The molecule has 0 spiro atoms. The minimum atomic E-state index is -2.90. The van der Waals surface area contributed by atoms with Crippen molar-refractivity contribution in [3.05, 3.63) is 34.3 Å². The van der Waals surface area contributed by atoms with Crippen LogP contribution in [0, 0.1) is 5.92 Å². The average Bonchev–Trinajstić information content (AvgIpc) is 2.36. The second-order valence-corrected chi connectivity index (χ2v) is 8.09. The lowest BCUT2D eigenvalue weighted by Gasteiger charge is -2.14. The minimum absolute atomic E-state index is 0.229. The van der Waals surface area contributed by atoms with Gasteiger partial charge in [0.1, 0.15) is 9.84 Å². The summed E-state index contributed by atoms with van der Waals surface area (Å²) < 4.78 is 24.4. The summed E-state index contributed by atoms with van der Waals surface area (Å²) in [6, 6.07) is 8.09. The van der Waals surface area contributed by atoms with Gasteiger partial charge in [-0.15, -0.1) is 0 Å². The number of rotatable bonds is 8. The average molecular weight is 348 g/mol. The van der Waals surface area contributed by atoms with E-state index in [0.717, 1.165) is 10.9 Å². The molecule has 0 fully saturated rings. The predicted octanol–water partition coefficient (Wildman–Crippen LogP) is 2.78. The highest BCUT2D eigenvalue weighted by atomic mass is 79.9. The third-order valence-electron chi connectivity index (χ3n) is 3.12. The smallest absolute Gasteiger partial charge is 0.150 e. The van der Waals surface area contributed by atoms with E-state index < -0.39 is 9.84 Å². The van der Waals surface area contributed by atoms with E-state index in [-0.39, 0.29) is 17.4 Å². The molecule has 0 heterocycles. The fourth-order valence-corrected chi connectivity index (χ4v) is 3.80. The lowest BCUT2D eigenvalue weighted by molar-refractivity contribution is 0.511. The number of benzene rings is 1. The Morgan fingerprint density at radius 1 is 1.21 bits per heavy atom. The minimum Gasteiger partial charge on any atom is -0.330 e. The molecule has 1 atom stereocenters. The molecule has 108 valence electrons. The van der Waals surface area contributed by atoms with Gasteiger partial charge < -0.3 is 5.73 Å². The van der Waals surface area contributed by atoms with Gasteiger partial charge in [-0.25, -0.2) is 8.42 Å². The molecule has 0 aromatic heterocycles. The molecule has 1 rings (SSSR count). The van der Waals surface area contributed by atoms with E-state index in [0.29, 0.717) is 19.4 Å². The summed E-state index contributed by atoms with van der Waals surface area (Å²) in [5, 5.41) is 0. The van der Waals surface area contributed by atoms with Crippen molar-refractivity contribution in [2.24, 2.45) is 11.7 Å². The zero-order chi connectivity index (χ0) is 14.3. The van der Waals surface area contributed by atoms with Crippen LogP contribution in [-0.2, 0) is 16.3 Å². The molecule has 19 heavy (non-hydrogen) atoms. The van der Waals surface area contributed by atoms with Crippen molar-refractivity contribution in [1.29, 1.82) is 0 Å². The summed E-state index contributed by atoms with van der Waals surface area (Å²) in [6.45, 7) is 2.41. The highest BCUT2D eigenvalue weighted by molar-refractivity contribution is 9.10. The van der Waals surface area contributed by atoms with Crippen molar-refractivity contribution < 1.29 is 8.42 Å². The normalized spacial score (nSPS) is 13.4. The van der Waals surface area contributed by atoms with Crippen LogP contribution in [-0.4, -0.2) is 26.5 Å². The molecule has 1 aromatic rings. The molecular formula is C14H22BrNO2S. The van der Waals surface area contributed by atoms with Crippen molar-refractivity contribution in [1.82, 2.24) is 0 Å². The third-order valence-corrected chi connectivity index (χ3v) is 5.54. The van der Waals surface area contributed by atoms with Crippen molar-refractivity contribution in [3.8, 4) is 0 Å². The van der Waals surface area contributed by atoms with E-state index in [9.17, 15) is 8.42 Å². The summed E-state index contributed by atoms with van der Waals surface area (Å²) in [5.74, 6) is 0.759. The van der Waals surface area contributed by atoms with Gasteiger partial charge in [0.15, 0.2) is 0 Å². The van der Waals surface area contributed by atoms with Crippen LogP contribution in [0.5, 0.6) is 0 Å². The summed E-state index contributed by atoms with van der Waals surface area (Å²) in [5.41, 5.74) is 6.95. The number of sulfone groups is 1. The van der Waals surface area contributed by atoms with Crippen LogP contribution in [0.25, 0.3) is 0 Å². The van der Waals surface area contributed by atoms with Crippen molar-refractivity contribution in [2.45, 2.75) is 26.2 Å². The van der Waals surface area contributed by atoms with Crippen LogP contribution in [0.1, 0.15) is 25.3 Å².